The summed E-state index contributed by atoms with van der Waals surface area (Å²) in [5.41, 5.74) is 1.98. The van der Waals surface area contributed by atoms with Crippen molar-refractivity contribution >= 4 is 17.2 Å². The zero-order valence-corrected chi connectivity index (χ0v) is 13.6. The van der Waals surface area contributed by atoms with E-state index in [1.54, 1.807) is 11.3 Å². The molecule has 0 unspecified atom stereocenters. The summed E-state index contributed by atoms with van der Waals surface area (Å²) in [6, 6.07) is 10.1. The van der Waals surface area contributed by atoms with Crippen LogP contribution in [0.4, 0.5) is 0 Å². The third kappa shape index (κ3) is 4.17. The van der Waals surface area contributed by atoms with Crippen LogP contribution in [0.15, 0.2) is 35.7 Å². The second kappa shape index (κ2) is 7.54. The van der Waals surface area contributed by atoms with Crippen molar-refractivity contribution in [3.8, 4) is 10.6 Å². The van der Waals surface area contributed by atoms with E-state index in [0.717, 1.165) is 22.8 Å². The van der Waals surface area contributed by atoms with Crippen LogP contribution >= 0.6 is 11.3 Å². The van der Waals surface area contributed by atoms with Crippen molar-refractivity contribution in [3.63, 3.8) is 0 Å². The summed E-state index contributed by atoms with van der Waals surface area (Å²) in [6.45, 7) is 0.828. The number of carbonyl (C=O) groups is 1. The molecule has 0 atom stereocenters. The molecule has 0 aliphatic heterocycles. The second-order valence-electron chi connectivity index (χ2n) is 5.99. The predicted octanol–water partition coefficient (Wildman–Crippen LogP) is 4.05. The Morgan fingerprint density at radius 2 is 1.95 bits per heavy atom. The third-order valence-electron chi connectivity index (χ3n) is 4.23. The molecular formula is C18H22N2OS. The number of nitrogens with one attached hydrogen (secondary N) is 1. The first-order valence-corrected chi connectivity index (χ1v) is 8.96. The Bertz CT molecular complexity index is 603. The van der Waals surface area contributed by atoms with Crippen LogP contribution < -0.4 is 5.32 Å². The van der Waals surface area contributed by atoms with Crippen LogP contribution in [0.1, 0.15) is 37.8 Å². The highest BCUT2D eigenvalue weighted by Crippen LogP contribution is 2.24. The van der Waals surface area contributed by atoms with Crippen LogP contribution in [-0.4, -0.2) is 17.4 Å². The molecule has 0 bridgehead atoms. The number of thiazole rings is 1. The van der Waals surface area contributed by atoms with Gasteiger partial charge in [0.15, 0.2) is 0 Å². The van der Waals surface area contributed by atoms with Crippen molar-refractivity contribution < 1.29 is 4.79 Å². The summed E-state index contributed by atoms with van der Waals surface area (Å²) in [5, 5.41) is 6.05. The molecule has 1 heterocycles. The maximum Gasteiger partial charge on any atom is 0.226 e. The number of benzene rings is 1. The van der Waals surface area contributed by atoms with Gasteiger partial charge in [-0.15, -0.1) is 11.3 Å². The van der Waals surface area contributed by atoms with Crippen molar-refractivity contribution in [3.05, 3.63) is 41.4 Å². The second-order valence-corrected chi connectivity index (χ2v) is 6.85. The van der Waals surface area contributed by atoms with Crippen LogP contribution in [0.2, 0.25) is 0 Å². The van der Waals surface area contributed by atoms with Gasteiger partial charge in [-0.2, -0.15) is 0 Å². The Morgan fingerprint density at radius 3 is 2.73 bits per heavy atom. The summed E-state index contributed by atoms with van der Waals surface area (Å²) < 4.78 is 0. The molecule has 3 nitrogen and oxygen atoms in total. The van der Waals surface area contributed by atoms with E-state index in [9.17, 15) is 4.79 Å². The molecule has 0 saturated heterocycles. The Hall–Kier alpha value is -1.68. The highest BCUT2D eigenvalue weighted by atomic mass is 32.1. The number of carbonyl (C=O) groups excluding carboxylic acids is 1. The topological polar surface area (TPSA) is 42.0 Å². The van der Waals surface area contributed by atoms with Crippen LogP contribution in [-0.2, 0) is 11.2 Å². The normalized spacial score (nSPS) is 15.6. The van der Waals surface area contributed by atoms with Crippen molar-refractivity contribution in [2.24, 2.45) is 5.92 Å². The number of rotatable bonds is 5. The largest absolute Gasteiger partial charge is 0.355 e. The van der Waals surface area contributed by atoms with Gasteiger partial charge in [0.25, 0.3) is 0 Å². The number of aromatic nitrogens is 1. The lowest BCUT2D eigenvalue weighted by Gasteiger charge is -2.21. The minimum atomic E-state index is 0.0930. The van der Waals surface area contributed by atoms with Gasteiger partial charge >= 0.3 is 0 Å². The summed E-state index contributed by atoms with van der Waals surface area (Å²) in [6.07, 6.45) is 6.88. The average molecular weight is 314 g/mol. The highest BCUT2D eigenvalue weighted by Gasteiger charge is 2.15. The Kier molecular flexibility index (Phi) is 5.22. The molecule has 1 saturated carbocycles. The van der Waals surface area contributed by atoms with Gasteiger partial charge in [0, 0.05) is 17.5 Å². The van der Waals surface area contributed by atoms with Crippen LogP contribution in [0.3, 0.4) is 0 Å². The molecule has 4 heteroatoms. The van der Waals surface area contributed by atoms with Crippen molar-refractivity contribution in [2.45, 2.75) is 38.5 Å². The molecule has 1 aromatic carbocycles. The van der Waals surface area contributed by atoms with E-state index in [2.05, 4.69) is 10.3 Å². The summed E-state index contributed by atoms with van der Waals surface area (Å²) in [4.78, 5) is 16.6. The molecule has 0 spiro atoms. The zero-order valence-electron chi connectivity index (χ0n) is 12.8. The van der Waals surface area contributed by atoms with Crippen molar-refractivity contribution in [1.82, 2.24) is 10.3 Å². The zero-order chi connectivity index (χ0) is 15.2. The minimum Gasteiger partial charge on any atom is -0.355 e. The molecule has 1 amide bonds. The van der Waals surface area contributed by atoms with Gasteiger partial charge in [-0.25, -0.2) is 4.98 Å². The van der Waals surface area contributed by atoms with Gasteiger partial charge in [0.1, 0.15) is 5.01 Å². The monoisotopic (exact) mass is 314 g/mol. The van der Waals surface area contributed by atoms with Crippen LogP contribution in [0.25, 0.3) is 10.6 Å². The van der Waals surface area contributed by atoms with Crippen LogP contribution in [0.5, 0.6) is 0 Å². The van der Waals surface area contributed by atoms with Crippen molar-refractivity contribution in [1.29, 1.82) is 0 Å². The lowest BCUT2D eigenvalue weighted by atomic mass is 9.89. The summed E-state index contributed by atoms with van der Waals surface area (Å²) in [7, 11) is 0. The van der Waals surface area contributed by atoms with Gasteiger partial charge < -0.3 is 5.32 Å². The third-order valence-corrected chi connectivity index (χ3v) is 5.17. The minimum absolute atomic E-state index is 0.0930. The van der Waals surface area contributed by atoms with E-state index in [0.29, 0.717) is 12.3 Å². The Morgan fingerprint density at radius 1 is 1.18 bits per heavy atom. The molecule has 1 aliphatic rings. The average Bonchev–Trinajstić information content (AvgIpc) is 3.03. The Balaban J connectivity index is 1.50. The molecular weight excluding hydrogens is 292 g/mol. The van der Waals surface area contributed by atoms with Crippen LogP contribution in [0, 0.1) is 5.92 Å². The molecule has 116 valence electrons. The quantitative estimate of drug-likeness (QED) is 0.904. The standard InChI is InChI=1S/C18H22N2OS/c21-17(19-12-14-7-3-1-4-8-14)11-16-13-22-18(20-16)15-9-5-2-6-10-15/h2,5-6,9-10,13-14H,1,3-4,7-8,11-12H2,(H,19,21). The maximum absolute atomic E-state index is 12.1. The number of nitrogens with zero attached hydrogens (tertiary/aromatic N) is 1. The summed E-state index contributed by atoms with van der Waals surface area (Å²) >= 11 is 1.60. The molecule has 1 aromatic heterocycles. The fourth-order valence-electron chi connectivity index (χ4n) is 2.98. The number of hydrogen-bond acceptors (Lipinski definition) is 3. The molecule has 3 rings (SSSR count). The Labute approximate surface area is 135 Å². The molecule has 1 N–H and O–H groups in total. The van der Waals surface area contributed by atoms with E-state index in [1.165, 1.54) is 32.1 Å². The van der Waals surface area contributed by atoms with Gasteiger partial charge in [-0.05, 0) is 18.8 Å². The maximum atomic E-state index is 12.1. The van der Waals surface area contributed by atoms with Crippen molar-refractivity contribution in [2.75, 3.05) is 6.54 Å². The van der Waals surface area contributed by atoms with Gasteiger partial charge in [0.2, 0.25) is 5.91 Å². The molecule has 1 fully saturated rings. The molecule has 22 heavy (non-hydrogen) atoms. The van der Waals surface area contributed by atoms with E-state index < -0.39 is 0 Å². The van der Waals surface area contributed by atoms with Gasteiger partial charge in [-0.3, -0.25) is 4.79 Å². The fourth-order valence-corrected chi connectivity index (χ4v) is 3.80. The first-order chi connectivity index (χ1) is 10.8. The first kappa shape index (κ1) is 15.2. The van der Waals surface area contributed by atoms with E-state index in [4.69, 9.17) is 0 Å². The number of hydrogen-bond donors (Lipinski definition) is 1. The summed E-state index contributed by atoms with van der Waals surface area (Å²) in [5.74, 6) is 0.767. The van der Waals surface area contributed by atoms with E-state index in [1.807, 2.05) is 35.7 Å². The first-order valence-electron chi connectivity index (χ1n) is 8.08. The lowest BCUT2D eigenvalue weighted by Crippen LogP contribution is -2.31. The highest BCUT2D eigenvalue weighted by molar-refractivity contribution is 7.13. The molecule has 1 aliphatic carbocycles. The predicted molar refractivity (Wildman–Crippen MR) is 90.8 cm³/mol. The smallest absolute Gasteiger partial charge is 0.226 e. The van der Waals surface area contributed by atoms with E-state index in [-0.39, 0.29) is 5.91 Å². The fraction of sp³-hybridized carbons (Fsp3) is 0.444. The molecule has 2 aromatic rings. The molecule has 0 radical (unpaired) electrons. The SMILES string of the molecule is O=C(Cc1csc(-c2ccccc2)n1)NCC1CCCCC1. The number of amides is 1. The van der Waals surface area contributed by atoms with E-state index >= 15 is 0 Å². The van der Waals surface area contributed by atoms with Gasteiger partial charge in [0.05, 0.1) is 12.1 Å². The van der Waals surface area contributed by atoms with Gasteiger partial charge in [-0.1, -0.05) is 49.6 Å². The lowest BCUT2D eigenvalue weighted by molar-refractivity contribution is -0.120.